The Morgan fingerprint density at radius 3 is 2.50 bits per heavy atom. The van der Waals surface area contributed by atoms with Crippen molar-refractivity contribution in [1.29, 1.82) is 0 Å². The molecule has 0 spiro atoms. The molecule has 0 aliphatic carbocycles. The summed E-state index contributed by atoms with van der Waals surface area (Å²) in [6.45, 7) is 1.71. The van der Waals surface area contributed by atoms with Crippen LogP contribution in [0.25, 0.3) is 0 Å². The molecule has 1 aromatic heterocycles. The normalized spacial score (nSPS) is 15.6. The third-order valence-electron chi connectivity index (χ3n) is 5.05. The number of ether oxygens (including phenoxy) is 2. The molecule has 0 amide bonds. The van der Waals surface area contributed by atoms with Crippen LogP contribution < -0.4 is 14.8 Å². The molecule has 144 valence electrons. The Hall–Kier alpha value is -2.99. The van der Waals surface area contributed by atoms with E-state index in [1.165, 1.54) is 5.69 Å². The topological polar surface area (TPSA) is 38.7 Å². The lowest BCUT2D eigenvalue weighted by Gasteiger charge is -2.39. The van der Waals surface area contributed by atoms with Gasteiger partial charge in [0.2, 0.25) is 0 Å². The molecule has 0 saturated carbocycles. The predicted molar refractivity (Wildman–Crippen MR) is 115 cm³/mol. The summed E-state index contributed by atoms with van der Waals surface area (Å²) in [4.78, 5) is 2.24. The monoisotopic (exact) mass is 393 g/mol. The Bertz CT molecular complexity index is 971. The summed E-state index contributed by atoms with van der Waals surface area (Å²) in [5.74, 6) is 1.43. The molecule has 2 aromatic carbocycles. The van der Waals surface area contributed by atoms with Crippen molar-refractivity contribution in [3.63, 3.8) is 0 Å². The fraction of sp³-hybridized carbons (Fsp3) is 0.227. The summed E-state index contributed by atoms with van der Waals surface area (Å²) in [6, 6.07) is 20.3. The molecule has 5 nitrogen and oxygen atoms in total. The summed E-state index contributed by atoms with van der Waals surface area (Å²) in [5, 5.41) is 4.08. The molecular formula is C22H23N3O2S. The zero-order valence-corrected chi connectivity index (χ0v) is 16.8. The Labute approximate surface area is 170 Å². The summed E-state index contributed by atoms with van der Waals surface area (Å²) in [7, 11) is 3.30. The van der Waals surface area contributed by atoms with Crippen molar-refractivity contribution in [2.24, 2.45) is 0 Å². The van der Waals surface area contributed by atoms with Gasteiger partial charge in [0.05, 0.1) is 20.3 Å². The van der Waals surface area contributed by atoms with Gasteiger partial charge in [0, 0.05) is 30.7 Å². The molecule has 4 rings (SSSR count). The first-order chi connectivity index (χ1) is 13.7. The molecule has 0 fully saturated rings. The van der Waals surface area contributed by atoms with Crippen molar-refractivity contribution in [3.05, 3.63) is 78.1 Å². The SMILES string of the molecule is COc1ccc(C2c3cccn3CCN2C(=S)Nc2ccccc2)cc1OC. The second-order valence-electron chi connectivity index (χ2n) is 6.63. The zero-order chi connectivity index (χ0) is 19.5. The van der Waals surface area contributed by atoms with Gasteiger partial charge in [-0.15, -0.1) is 0 Å². The number of hydrogen-bond acceptors (Lipinski definition) is 3. The minimum absolute atomic E-state index is 0.00716. The number of thiocarbonyl (C=S) groups is 1. The van der Waals surface area contributed by atoms with E-state index in [1.54, 1.807) is 14.2 Å². The van der Waals surface area contributed by atoms with Crippen LogP contribution in [0.3, 0.4) is 0 Å². The van der Waals surface area contributed by atoms with Gasteiger partial charge >= 0.3 is 0 Å². The van der Waals surface area contributed by atoms with E-state index < -0.39 is 0 Å². The number of rotatable bonds is 4. The summed E-state index contributed by atoms with van der Waals surface area (Å²) in [6.07, 6.45) is 2.12. The van der Waals surface area contributed by atoms with Crippen molar-refractivity contribution < 1.29 is 9.47 Å². The largest absolute Gasteiger partial charge is 0.493 e. The van der Waals surface area contributed by atoms with Gasteiger partial charge in [0.15, 0.2) is 16.6 Å². The van der Waals surface area contributed by atoms with Gasteiger partial charge < -0.3 is 24.3 Å². The third-order valence-corrected chi connectivity index (χ3v) is 5.38. The van der Waals surface area contributed by atoms with Crippen LogP contribution in [0.1, 0.15) is 17.3 Å². The number of benzene rings is 2. The fourth-order valence-electron chi connectivity index (χ4n) is 3.69. The maximum atomic E-state index is 5.80. The lowest BCUT2D eigenvalue weighted by Crippen LogP contribution is -2.44. The molecule has 0 bridgehead atoms. The van der Waals surface area contributed by atoms with Gasteiger partial charge in [-0.3, -0.25) is 0 Å². The van der Waals surface area contributed by atoms with Crippen molar-refractivity contribution in [2.45, 2.75) is 12.6 Å². The predicted octanol–water partition coefficient (Wildman–Crippen LogP) is 4.31. The Morgan fingerprint density at radius 1 is 0.964 bits per heavy atom. The number of anilines is 1. The second-order valence-corrected chi connectivity index (χ2v) is 7.02. The van der Waals surface area contributed by atoms with Crippen molar-refractivity contribution >= 4 is 23.0 Å². The number of nitrogens with zero attached hydrogens (tertiary/aromatic N) is 2. The van der Waals surface area contributed by atoms with Crippen LogP contribution in [-0.4, -0.2) is 35.3 Å². The van der Waals surface area contributed by atoms with E-state index in [4.69, 9.17) is 21.7 Å². The molecule has 0 radical (unpaired) electrons. The van der Waals surface area contributed by atoms with E-state index in [0.29, 0.717) is 16.6 Å². The first-order valence-corrected chi connectivity index (χ1v) is 9.61. The van der Waals surface area contributed by atoms with Gasteiger partial charge in [-0.2, -0.15) is 0 Å². The molecule has 1 N–H and O–H groups in total. The molecule has 2 heterocycles. The van der Waals surface area contributed by atoms with Gasteiger partial charge in [0.1, 0.15) is 0 Å². The van der Waals surface area contributed by atoms with Crippen LogP contribution in [0.5, 0.6) is 11.5 Å². The Morgan fingerprint density at radius 2 is 1.75 bits per heavy atom. The van der Waals surface area contributed by atoms with Crippen LogP contribution in [0.15, 0.2) is 66.9 Å². The Balaban J connectivity index is 1.71. The van der Waals surface area contributed by atoms with Gasteiger partial charge in [-0.1, -0.05) is 24.3 Å². The minimum Gasteiger partial charge on any atom is -0.493 e. The average molecular weight is 394 g/mol. The first-order valence-electron chi connectivity index (χ1n) is 9.21. The van der Waals surface area contributed by atoms with Gasteiger partial charge in [0.25, 0.3) is 0 Å². The van der Waals surface area contributed by atoms with Gasteiger partial charge in [-0.05, 0) is 54.2 Å². The third kappa shape index (κ3) is 3.43. The molecule has 6 heteroatoms. The van der Waals surface area contributed by atoms with Crippen LogP contribution in [0.2, 0.25) is 0 Å². The minimum atomic E-state index is -0.00716. The maximum absolute atomic E-state index is 5.80. The van der Waals surface area contributed by atoms with Crippen LogP contribution in [-0.2, 0) is 6.54 Å². The highest BCUT2D eigenvalue weighted by Gasteiger charge is 2.31. The Kier molecular flexibility index (Phi) is 5.21. The molecule has 28 heavy (non-hydrogen) atoms. The maximum Gasteiger partial charge on any atom is 0.174 e. The number of fused-ring (bicyclic) bond motifs is 1. The van der Waals surface area contributed by atoms with E-state index in [2.05, 4.69) is 39.2 Å². The number of hydrogen-bond donors (Lipinski definition) is 1. The summed E-state index contributed by atoms with van der Waals surface area (Å²) < 4.78 is 13.2. The van der Waals surface area contributed by atoms with E-state index in [0.717, 1.165) is 24.3 Å². The van der Waals surface area contributed by atoms with Crippen LogP contribution in [0.4, 0.5) is 5.69 Å². The molecule has 1 unspecified atom stereocenters. The van der Waals surface area contributed by atoms with E-state index in [-0.39, 0.29) is 6.04 Å². The molecule has 0 saturated heterocycles. The standard InChI is InChI=1S/C22H23N3O2S/c1-26-19-11-10-16(15-20(19)27-2)21-18-9-6-12-24(18)13-14-25(21)22(28)23-17-7-4-3-5-8-17/h3-12,15,21H,13-14H2,1-2H3,(H,23,28). The van der Waals surface area contributed by atoms with Crippen molar-refractivity contribution in [3.8, 4) is 11.5 Å². The highest BCUT2D eigenvalue weighted by molar-refractivity contribution is 7.80. The number of nitrogens with one attached hydrogen (secondary N) is 1. The number of methoxy groups -OCH3 is 2. The molecule has 1 atom stereocenters. The molecular weight excluding hydrogens is 370 g/mol. The van der Waals surface area contributed by atoms with Crippen LogP contribution in [0, 0.1) is 0 Å². The van der Waals surface area contributed by atoms with E-state index in [9.17, 15) is 0 Å². The smallest absolute Gasteiger partial charge is 0.174 e. The molecule has 1 aliphatic heterocycles. The van der Waals surface area contributed by atoms with Crippen molar-refractivity contribution in [1.82, 2.24) is 9.47 Å². The van der Waals surface area contributed by atoms with Gasteiger partial charge in [-0.25, -0.2) is 0 Å². The summed E-state index contributed by atoms with van der Waals surface area (Å²) in [5.41, 5.74) is 3.30. The van der Waals surface area contributed by atoms with Crippen LogP contribution >= 0.6 is 12.2 Å². The lowest BCUT2D eigenvalue weighted by atomic mass is 9.99. The number of aromatic nitrogens is 1. The van der Waals surface area contributed by atoms with E-state index in [1.807, 2.05) is 42.5 Å². The average Bonchev–Trinajstić information content (AvgIpc) is 3.22. The molecule has 3 aromatic rings. The fourth-order valence-corrected chi connectivity index (χ4v) is 4.01. The second kappa shape index (κ2) is 7.94. The first kappa shape index (κ1) is 18.4. The highest BCUT2D eigenvalue weighted by Crippen LogP contribution is 2.37. The zero-order valence-electron chi connectivity index (χ0n) is 16.0. The van der Waals surface area contributed by atoms with E-state index >= 15 is 0 Å². The number of para-hydroxylation sites is 1. The lowest BCUT2D eigenvalue weighted by molar-refractivity contribution is 0.291. The van der Waals surface area contributed by atoms with Crippen molar-refractivity contribution in [2.75, 3.05) is 26.1 Å². The highest BCUT2D eigenvalue weighted by atomic mass is 32.1. The summed E-state index contributed by atoms with van der Waals surface area (Å²) >= 11 is 5.80. The quantitative estimate of drug-likeness (QED) is 0.669. The molecule has 1 aliphatic rings.